The topological polar surface area (TPSA) is 78.3 Å². The van der Waals surface area contributed by atoms with Crippen LogP contribution in [0.3, 0.4) is 0 Å². The zero-order chi connectivity index (χ0) is 74.1. The molecule has 8 heteroatoms. The minimum Gasteiger partial charge on any atom is -0.456 e. The molecule has 15 aromatic carbocycles. The maximum atomic E-state index is 6.25. The van der Waals surface area contributed by atoms with Gasteiger partial charge in [-0.25, -0.2) is 9.97 Å². The summed E-state index contributed by atoms with van der Waals surface area (Å²) in [6, 6.07) is 117. The number of furan rings is 3. The van der Waals surface area contributed by atoms with E-state index >= 15 is 0 Å². The van der Waals surface area contributed by atoms with Gasteiger partial charge in [-0.1, -0.05) is 188 Å². The fourth-order valence-corrected chi connectivity index (χ4v) is 18.7. The molecule has 0 saturated heterocycles. The highest BCUT2D eigenvalue weighted by Crippen LogP contribution is 2.56. The Morgan fingerprint density at radius 3 is 1.36 bits per heavy atom. The molecule has 1 unspecified atom stereocenters. The van der Waals surface area contributed by atoms with E-state index < -0.39 is 0 Å². The number of nitrogens with zero attached hydrogens (tertiary/aromatic N) is 5. The molecule has 6 aromatic heterocycles. The molecule has 0 spiro atoms. The molecule has 0 amide bonds. The van der Waals surface area contributed by atoms with Crippen molar-refractivity contribution in [2.24, 2.45) is 0 Å². The van der Waals surface area contributed by atoms with Gasteiger partial charge in [-0.05, 0) is 251 Å². The number of hydrogen-bond acceptors (Lipinski definition) is 6. The first kappa shape index (κ1) is 63.3. The van der Waals surface area contributed by atoms with E-state index in [2.05, 4.69) is 336 Å². The first-order valence-corrected chi connectivity index (χ1v) is 39.0. The number of anilines is 2. The van der Waals surface area contributed by atoms with Crippen LogP contribution in [0, 0.1) is 0 Å². The molecule has 0 N–H and O–H groups in total. The molecule has 1 aliphatic heterocycles. The zero-order valence-corrected chi connectivity index (χ0v) is 61.6. The third kappa shape index (κ3) is 9.89. The molecule has 7 heterocycles. The highest BCUT2D eigenvalue weighted by Gasteiger charge is 2.44. The van der Waals surface area contributed by atoms with Gasteiger partial charge in [0.1, 0.15) is 33.5 Å². The Morgan fingerprint density at radius 1 is 0.319 bits per heavy atom. The summed E-state index contributed by atoms with van der Waals surface area (Å²) in [5, 5.41) is 13.9. The van der Waals surface area contributed by atoms with Crippen molar-refractivity contribution in [3.8, 4) is 89.7 Å². The van der Waals surface area contributed by atoms with Crippen molar-refractivity contribution in [1.29, 1.82) is 0 Å². The lowest BCUT2D eigenvalue weighted by atomic mass is 9.76. The molecule has 2 aliphatic carbocycles. The van der Waals surface area contributed by atoms with Gasteiger partial charge in [0, 0.05) is 104 Å². The summed E-state index contributed by atoms with van der Waals surface area (Å²) in [4.78, 5) is 13.5. The number of hydrogen-bond donors (Lipinski definition) is 0. The monoisotopic (exact) mass is 1450 g/mol. The van der Waals surface area contributed by atoms with E-state index in [0.29, 0.717) is 5.82 Å². The van der Waals surface area contributed by atoms with E-state index in [1.54, 1.807) is 0 Å². The highest BCUT2D eigenvalue weighted by molar-refractivity contribution is 6.13. The van der Waals surface area contributed by atoms with Crippen molar-refractivity contribution < 1.29 is 13.3 Å². The van der Waals surface area contributed by atoms with E-state index in [0.717, 1.165) is 180 Å². The summed E-state index contributed by atoms with van der Waals surface area (Å²) in [7, 11) is 0. The summed E-state index contributed by atoms with van der Waals surface area (Å²) < 4.78 is 23.5. The average Bonchev–Trinajstić information content (AvgIpc) is 1.56. The van der Waals surface area contributed by atoms with Gasteiger partial charge in [-0.3, -0.25) is 0 Å². The van der Waals surface area contributed by atoms with E-state index in [4.69, 9.17) is 23.2 Å². The summed E-state index contributed by atoms with van der Waals surface area (Å²) in [6.07, 6.45) is 14.6. The molecule has 3 aliphatic rings. The smallest absolute Gasteiger partial charge is 0.160 e. The second kappa shape index (κ2) is 24.5. The van der Waals surface area contributed by atoms with Gasteiger partial charge >= 0.3 is 0 Å². The first-order valence-electron chi connectivity index (χ1n) is 39.0. The Bertz CT molecular complexity index is 7840. The van der Waals surface area contributed by atoms with Gasteiger partial charge in [-0.2, -0.15) is 0 Å². The standard InChI is InChI=1S/C105H67N5O3/c1-105-55-13-12-24-102(105)110(95-51-38-74(62-89(95)105)73-41-54-101-87(60-73)82-18-6-11-23-98(82)113-101)77-42-29-64(30-43-77)63-25-27-65(28-26-63)68-35-48-90-88(61-68)103(66-31-44-75(45-32-66)108-91-19-7-2-14-78(91)83-56-69(36-49-93(83)108)71-39-52-99-85(58-71)80-16-4-9-21-96(80)111-99)107-104(106-90)67-33-46-76(47-34-67)109-92-20-8-3-15-79(92)84-57-70(37-50-94(84)109)72-40-53-100-86(59-72)81-17-5-10-22-97(81)112-100/h3-6,8-54,56-62H,2,7,55H2,1H3. The zero-order valence-electron chi connectivity index (χ0n) is 61.6. The average molecular weight is 1450 g/mol. The molecule has 0 saturated carbocycles. The van der Waals surface area contributed by atoms with Crippen LogP contribution in [0.2, 0.25) is 0 Å². The lowest BCUT2D eigenvalue weighted by Gasteiger charge is -2.31. The van der Waals surface area contributed by atoms with Crippen LogP contribution < -0.4 is 15.5 Å². The Kier molecular flexibility index (Phi) is 13.7. The van der Waals surface area contributed by atoms with Gasteiger partial charge in [0.15, 0.2) is 5.82 Å². The number of aromatic nitrogens is 4. The van der Waals surface area contributed by atoms with Crippen LogP contribution in [0.4, 0.5) is 11.4 Å². The van der Waals surface area contributed by atoms with E-state index in [9.17, 15) is 0 Å². The SMILES string of the molecule is CC12CC=CC=C1N(c1ccc(-c3ccc(-c4ccc5nc(-c6ccc(-n7c8ccccc8c8cc(-c9ccc%10oc%11ccccc%11c%10c9)ccc87)cc6)nc(-c6ccc(-n7c8c(c9cc(-c%10ccc%11oc%12ccccc%12c%11c%10)ccc97)=CCCC=8)cc6)c5c4)cc3)cc1)c1ccc(-c3ccc4oc5ccccc5c4c3)cc12. The Labute approximate surface area is 648 Å². The quantitative estimate of drug-likeness (QED) is 0.136. The molecule has 24 rings (SSSR count). The van der Waals surface area contributed by atoms with E-state index in [1.165, 1.54) is 65.9 Å². The van der Waals surface area contributed by atoms with Gasteiger partial charge in [0.2, 0.25) is 0 Å². The van der Waals surface area contributed by atoms with E-state index in [-0.39, 0.29) is 5.41 Å². The molecule has 8 nitrogen and oxygen atoms in total. The third-order valence-electron chi connectivity index (χ3n) is 24.4. The lowest BCUT2D eigenvalue weighted by Crippen LogP contribution is -2.30. The highest BCUT2D eigenvalue weighted by atomic mass is 16.3. The van der Waals surface area contributed by atoms with Crippen LogP contribution in [0.15, 0.2) is 359 Å². The summed E-state index contributed by atoms with van der Waals surface area (Å²) in [6.45, 7) is 2.40. The van der Waals surface area contributed by atoms with Gasteiger partial charge in [-0.15, -0.1) is 0 Å². The number of fused-ring (bicyclic) bond motifs is 19. The molecular formula is C105H67N5O3. The van der Waals surface area contributed by atoms with Crippen molar-refractivity contribution in [3.63, 3.8) is 0 Å². The maximum Gasteiger partial charge on any atom is 0.160 e. The number of para-hydroxylation sites is 4. The second-order valence-corrected chi connectivity index (χ2v) is 30.8. The van der Waals surface area contributed by atoms with Crippen LogP contribution in [-0.4, -0.2) is 19.1 Å². The normalized spacial score (nSPS) is 14.7. The van der Waals surface area contributed by atoms with Gasteiger partial charge < -0.3 is 27.3 Å². The van der Waals surface area contributed by atoms with Crippen molar-refractivity contribution >= 4 is 133 Å². The molecule has 0 radical (unpaired) electrons. The Balaban J connectivity index is 0.573. The van der Waals surface area contributed by atoms with Crippen LogP contribution in [0.5, 0.6) is 0 Å². The third-order valence-corrected chi connectivity index (χ3v) is 24.4. The molecular weight excluding hydrogens is 1380 g/mol. The maximum absolute atomic E-state index is 6.25. The van der Waals surface area contributed by atoms with Crippen LogP contribution in [0.1, 0.15) is 31.7 Å². The summed E-state index contributed by atoms with van der Waals surface area (Å²) >= 11 is 0. The van der Waals surface area contributed by atoms with Gasteiger partial charge in [0.05, 0.1) is 33.4 Å². The van der Waals surface area contributed by atoms with Gasteiger partial charge in [0.25, 0.3) is 0 Å². The van der Waals surface area contributed by atoms with E-state index in [1.807, 2.05) is 36.4 Å². The predicted octanol–water partition coefficient (Wildman–Crippen LogP) is 26.6. The molecule has 21 aromatic rings. The van der Waals surface area contributed by atoms with Crippen LogP contribution in [-0.2, 0) is 5.41 Å². The second-order valence-electron chi connectivity index (χ2n) is 30.8. The van der Waals surface area contributed by atoms with Crippen LogP contribution in [0.25, 0.3) is 211 Å². The molecule has 1 atom stereocenters. The largest absolute Gasteiger partial charge is 0.456 e. The Hall–Kier alpha value is -14.6. The number of benzene rings is 15. The molecule has 530 valence electrons. The fourth-order valence-electron chi connectivity index (χ4n) is 18.7. The molecule has 0 bridgehead atoms. The van der Waals surface area contributed by atoms with Crippen molar-refractivity contribution in [1.82, 2.24) is 19.1 Å². The van der Waals surface area contributed by atoms with Crippen molar-refractivity contribution in [2.75, 3.05) is 4.90 Å². The first-order chi connectivity index (χ1) is 55.8. The Morgan fingerprint density at radius 2 is 0.743 bits per heavy atom. The minimum absolute atomic E-state index is 0.186. The van der Waals surface area contributed by atoms with Crippen LogP contribution >= 0.6 is 0 Å². The van der Waals surface area contributed by atoms with Crippen molar-refractivity contribution in [2.45, 2.75) is 31.6 Å². The minimum atomic E-state index is -0.186. The number of allylic oxidation sites excluding steroid dienone is 4. The fraction of sp³-hybridized carbons (Fsp3) is 0.0476. The van der Waals surface area contributed by atoms with Crippen molar-refractivity contribution in [3.05, 3.63) is 362 Å². The molecule has 113 heavy (non-hydrogen) atoms. The summed E-state index contributed by atoms with van der Waals surface area (Å²) in [5.74, 6) is 0.658. The lowest BCUT2D eigenvalue weighted by molar-refractivity contribution is 0.577. The predicted molar refractivity (Wildman–Crippen MR) is 466 cm³/mol. The molecule has 0 fully saturated rings. The summed E-state index contributed by atoms with van der Waals surface area (Å²) in [5.41, 5.74) is 31.0. The number of rotatable bonds is 10.